The van der Waals surface area contributed by atoms with Crippen molar-refractivity contribution in [3.8, 4) is 11.5 Å². The normalized spacial score (nSPS) is 14.0. The lowest BCUT2D eigenvalue weighted by atomic mass is 10.1. The van der Waals surface area contributed by atoms with Gasteiger partial charge in [0, 0.05) is 24.7 Å². The fraction of sp³-hybridized carbons (Fsp3) is 0.304. The number of hydrogen-bond acceptors (Lipinski definition) is 7. The van der Waals surface area contributed by atoms with Gasteiger partial charge in [-0.15, -0.1) is 0 Å². The number of fused-ring (bicyclic) bond motifs is 1. The third-order valence-corrected chi connectivity index (χ3v) is 7.09. The molecule has 0 radical (unpaired) electrons. The van der Waals surface area contributed by atoms with Gasteiger partial charge in [-0.3, -0.25) is 9.59 Å². The average molecular weight is 484 g/mol. The number of carbonyl (C=O) groups is 1. The molecule has 1 aliphatic heterocycles. The smallest absolute Gasteiger partial charge is 0.294 e. The first-order chi connectivity index (χ1) is 16.1. The molecule has 1 fully saturated rings. The Morgan fingerprint density at radius 1 is 1.15 bits per heavy atom. The third kappa shape index (κ3) is 4.51. The molecule has 8 nitrogen and oxygen atoms in total. The minimum Gasteiger partial charge on any atom is -0.463 e. The van der Waals surface area contributed by atoms with Crippen LogP contribution in [0.25, 0.3) is 21.7 Å². The van der Waals surface area contributed by atoms with Crippen molar-refractivity contribution in [1.29, 1.82) is 0 Å². The lowest BCUT2D eigenvalue weighted by Crippen LogP contribution is -2.34. The van der Waals surface area contributed by atoms with Crippen molar-refractivity contribution in [2.24, 2.45) is 0 Å². The van der Waals surface area contributed by atoms with E-state index < -0.39 is 5.56 Å². The largest absolute Gasteiger partial charge is 0.463 e. The minimum absolute atomic E-state index is 0.233. The summed E-state index contributed by atoms with van der Waals surface area (Å²) in [6, 6.07) is 10.8. The van der Waals surface area contributed by atoms with Crippen LogP contribution in [-0.4, -0.2) is 33.8 Å². The molecule has 0 atom stereocenters. The van der Waals surface area contributed by atoms with Gasteiger partial charge in [-0.2, -0.15) is 5.10 Å². The molecule has 4 heterocycles. The highest BCUT2D eigenvalue weighted by Crippen LogP contribution is 2.34. The molecule has 3 aromatic heterocycles. The number of anilines is 1. The number of carbonyl (C=O) groups excluding carboxylic acids is 1. The molecule has 4 aromatic rings. The number of aromatic nitrogens is 3. The van der Waals surface area contributed by atoms with E-state index in [9.17, 15) is 9.59 Å². The Hall–Kier alpha value is -3.17. The fourth-order valence-corrected chi connectivity index (χ4v) is 5.18. The molecule has 1 N–H and O–H groups in total. The predicted octanol–water partition coefficient (Wildman–Crippen LogP) is 4.07. The SMILES string of the molecule is O=C(Cn1nc(-c2ccco2)c2sc(N3CCCCC3)nc2c1=O)NCc1ccccc1Cl. The third-order valence-electron chi connectivity index (χ3n) is 5.60. The molecule has 10 heteroatoms. The van der Waals surface area contributed by atoms with Gasteiger partial charge >= 0.3 is 0 Å². The van der Waals surface area contributed by atoms with Crippen LogP contribution in [0.4, 0.5) is 5.13 Å². The molecule has 0 saturated carbocycles. The molecule has 1 aliphatic rings. The van der Waals surface area contributed by atoms with E-state index in [0.717, 1.165) is 41.3 Å². The first-order valence-electron chi connectivity index (χ1n) is 10.8. The van der Waals surface area contributed by atoms with Crippen molar-refractivity contribution in [2.75, 3.05) is 18.0 Å². The second kappa shape index (κ2) is 9.36. The summed E-state index contributed by atoms with van der Waals surface area (Å²) in [4.78, 5) is 32.7. The number of furan rings is 1. The Morgan fingerprint density at radius 2 is 1.97 bits per heavy atom. The van der Waals surface area contributed by atoms with Crippen molar-refractivity contribution < 1.29 is 9.21 Å². The zero-order valence-corrected chi connectivity index (χ0v) is 19.4. The molecule has 0 spiro atoms. The zero-order valence-electron chi connectivity index (χ0n) is 17.8. The van der Waals surface area contributed by atoms with Crippen LogP contribution >= 0.6 is 22.9 Å². The molecule has 33 heavy (non-hydrogen) atoms. The van der Waals surface area contributed by atoms with Gasteiger partial charge in [0.25, 0.3) is 5.56 Å². The summed E-state index contributed by atoms with van der Waals surface area (Å²) < 4.78 is 7.40. The van der Waals surface area contributed by atoms with Gasteiger partial charge in [-0.25, -0.2) is 9.67 Å². The maximum absolute atomic E-state index is 13.2. The van der Waals surface area contributed by atoms with Crippen LogP contribution in [0, 0.1) is 0 Å². The summed E-state index contributed by atoms with van der Waals surface area (Å²) in [6.07, 6.45) is 4.97. The maximum atomic E-state index is 13.2. The van der Waals surface area contributed by atoms with Crippen LogP contribution < -0.4 is 15.8 Å². The Kier molecular flexibility index (Phi) is 6.15. The van der Waals surface area contributed by atoms with Crippen LogP contribution in [0.5, 0.6) is 0 Å². The lowest BCUT2D eigenvalue weighted by molar-refractivity contribution is -0.122. The Morgan fingerprint density at radius 3 is 2.73 bits per heavy atom. The highest BCUT2D eigenvalue weighted by atomic mass is 35.5. The van der Waals surface area contributed by atoms with Crippen molar-refractivity contribution >= 4 is 44.2 Å². The van der Waals surface area contributed by atoms with E-state index in [2.05, 4.69) is 20.3 Å². The monoisotopic (exact) mass is 483 g/mol. The summed E-state index contributed by atoms with van der Waals surface area (Å²) in [5, 5.41) is 8.67. The summed E-state index contributed by atoms with van der Waals surface area (Å²) in [7, 11) is 0. The first-order valence-corrected chi connectivity index (χ1v) is 12.0. The highest BCUT2D eigenvalue weighted by Gasteiger charge is 2.23. The van der Waals surface area contributed by atoms with E-state index in [1.54, 1.807) is 24.5 Å². The van der Waals surface area contributed by atoms with Gasteiger partial charge in [-0.05, 0) is 43.0 Å². The Balaban J connectivity index is 1.47. The summed E-state index contributed by atoms with van der Waals surface area (Å²) >= 11 is 7.61. The predicted molar refractivity (Wildman–Crippen MR) is 129 cm³/mol. The maximum Gasteiger partial charge on any atom is 0.294 e. The van der Waals surface area contributed by atoms with Gasteiger partial charge < -0.3 is 14.6 Å². The van der Waals surface area contributed by atoms with Crippen LogP contribution in [-0.2, 0) is 17.9 Å². The number of halogens is 1. The van der Waals surface area contributed by atoms with Crippen LogP contribution in [0.2, 0.25) is 5.02 Å². The van der Waals surface area contributed by atoms with E-state index in [4.69, 9.17) is 16.0 Å². The quantitative estimate of drug-likeness (QED) is 0.444. The molecule has 0 unspecified atom stereocenters. The Labute approximate surface area is 198 Å². The number of amides is 1. The van der Waals surface area contributed by atoms with E-state index in [0.29, 0.717) is 26.7 Å². The van der Waals surface area contributed by atoms with Gasteiger partial charge in [-0.1, -0.05) is 41.1 Å². The van der Waals surface area contributed by atoms with Crippen molar-refractivity contribution in [3.63, 3.8) is 0 Å². The van der Waals surface area contributed by atoms with Crippen molar-refractivity contribution in [2.45, 2.75) is 32.4 Å². The van der Waals surface area contributed by atoms with Gasteiger partial charge in [0.2, 0.25) is 5.91 Å². The van der Waals surface area contributed by atoms with E-state index in [1.165, 1.54) is 17.8 Å². The van der Waals surface area contributed by atoms with Crippen LogP contribution in [0.3, 0.4) is 0 Å². The van der Waals surface area contributed by atoms with E-state index in [1.807, 2.05) is 18.2 Å². The topological polar surface area (TPSA) is 93.3 Å². The number of thiazole rings is 1. The molecule has 1 aromatic carbocycles. The Bertz CT molecular complexity index is 1340. The zero-order chi connectivity index (χ0) is 22.8. The summed E-state index contributed by atoms with van der Waals surface area (Å²) in [6.45, 7) is 1.86. The second-order valence-corrected chi connectivity index (χ2v) is 9.26. The molecule has 0 bridgehead atoms. The first kappa shape index (κ1) is 21.7. The van der Waals surface area contributed by atoms with Gasteiger partial charge in [0.1, 0.15) is 12.2 Å². The van der Waals surface area contributed by atoms with Gasteiger partial charge in [0.05, 0.1) is 11.0 Å². The van der Waals surface area contributed by atoms with Crippen LogP contribution in [0.15, 0.2) is 51.9 Å². The summed E-state index contributed by atoms with van der Waals surface area (Å²) in [5.74, 6) is 0.180. The molecular formula is C23H22ClN5O3S. The molecule has 1 amide bonds. The number of piperidine rings is 1. The standard InChI is InChI=1S/C23H22ClN5O3S/c24-16-8-3-2-7-15(16)13-25-18(30)14-29-22(31)20-21(19(27-29)17-9-6-12-32-17)33-23(26-20)28-10-4-1-5-11-28/h2-3,6-9,12H,1,4-5,10-11,13-14H2,(H,25,30). The lowest BCUT2D eigenvalue weighted by Gasteiger charge is -2.25. The van der Waals surface area contributed by atoms with E-state index in [-0.39, 0.29) is 19.0 Å². The molecule has 170 valence electrons. The molecule has 0 aliphatic carbocycles. The second-order valence-electron chi connectivity index (χ2n) is 7.88. The van der Waals surface area contributed by atoms with E-state index >= 15 is 0 Å². The van der Waals surface area contributed by atoms with Crippen LogP contribution in [0.1, 0.15) is 24.8 Å². The number of hydrogen-bond donors (Lipinski definition) is 1. The molecular weight excluding hydrogens is 462 g/mol. The van der Waals surface area contributed by atoms with Crippen molar-refractivity contribution in [3.05, 3.63) is 63.6 Å². The number of rotatable bonds is 6. The van der Waals surface area contributed by atoms with Crippen molar-refractivity contribution in [1.82, 2.24) is 20.1 Å². The fourth-order valence-electron chi connectivity index (χ4n) is 3.88. The number of nitrogens with one attached hydrogen (secondary N) is 1. The number of nitrogens with zero attached hydrogens (tertiary/aromatic N) is 4. The molecule has 5 rings (SSSR count). The minimum atomic E-state index is -0.396. The molecule has 1 saturated heterocycles. The number of benzene rings is 1. The van der Waals surface area contributed by atoms with Gasteiger partial charge in [0.15, 0.2) is 16.4 Å². The highest BCUT2D eigenvalue weighted by molar-refractivity contribution is 7.22. The average Bonchev–Trinajstić information content (AvgIpc) is 3.52. The summed E-state index contributed by atoms with van der Waals surface area (Å²) in [5.41, 5.74) is 1.22.